The van der Waals surface area contributed by atoms with Gasteiger partial charge in [-0.05, 0) is 40.0 Å². The summed E-state index contributed by atoms with van der Waals surface area (Å²) in [5, 5.41) is 0. The van der Waals surface area contributed by atoms with Gasteiger partial charge in [-0.15, -0.1) is 0 Å². The van der Waals surface area contributed by atoms with E-state index in [2.05, 4.69) is 55.8 Å². The third-order valence-corrected chi connectivity index (χ3v) is 4.55. The third kappa shape index (κ3) is 5.48. The van der Waals surface area contributed by atoms with E-state index in [4.69, 9.17) is 0 Å². The molecule has 0 saturated carbocycles. The van der Waals surface area contributed by atoms with Crippen LogP contribution in [-0.2, 0) is 0 Å². The number of rotatable bonds is 4. The highest BCUT2D eigenvalue weighted by molar-refractivity contribution is 9.14. The summed E-state index contributed by atoms with van der Waals surface area (Å²) in [4.78, 5) is 4.69. The zero-order chi connectivity index (χ0) is 11.3. The van der Waals surface area contributed by atoms with Crippen molar-refractivity contribution in [3.05, 3.63) is 8.96 Å². The van der Waals surface area contributed by atoms with Crippen LogP contribution in [0.4, 0.5) is 0 Å². The van der Waals surface area contributed by atoms with Crippen LogP contribution < -0.4 is 0 Å². The highest BCUT2D eigenvalue weighted by atomic mass is 79.9. The SMILES string of the molecule is CN(C)CC(Br)=C(Br)CN1CCCCC1. The van der Waals surface area contributed by atoms with Crippen LogP contribution in [0.2, 0.25) is 0 Å². The van der Waals surface area contributed by atoms with E-state index < -0.39 is 0 Å². The summed E-state index contributed by atoms with van der Waals surface area (Å²) in [7, 11) is 4.17. The summed E-state index contributed by atoms with van der Waals surface area (Å²) in [5.41, 5.74) is 0. The summed E-state index contributed by atoms with van der Waals surface area (Å²) in [6.45, 7) is 4.51. The standard InChI is InChI=1S/C11H20Br2N2/c1-14(2)8-10(12)11(13)9-15-6-4-3-5-7-15/h3-9H2,1-2H3. The number of halogens is 2. The van der Waals surface area contributed by atoms with Gasteiger partial charge in [0.25, 0.3) is 0 Å². The maximum absolute atomic E-state index is 3.67. The topological polar surface area (TPSA) is 6.48 Å². The molecular formula is C11H20Br2N2. The highest BCUT2D eigenvalue weighted by Gasteiger charge is 2.12. The molecule has 1 heterocycles. The lowest BCUT2D eigenvalue weighted by Crippen LogP contribution is -2.31. The van der Waals surface area contributed by atoms with Crippen LogP contribution in [0, 0.1) is 0 Å². The smallest absolute Gasteiger partial charge is 0.0308 e. The van der Waals surface area contributed by atoms with Crippen molar-refractivity contribution in [2.45, 2.75) is 19.3 Å². The minimum atomic E-state index is 0.967. The van der Waals surface area contributed by atoms with Crippen molar-refractivity contribution in [2.24, 2.45) is 0 Å². The number of hydrogen-bond donors (Lipinski definition) is 0. The first-order valence-corrected chi connectivity index (χ1v) is 7.08. The Kier molecular flexibility index (Phi) is 6.43. The van der Waals surface area contributed by atoms with Gasteiger partial charge in [-0.1, -0.05) is 38.3 Å². The van der Waals surface area contributed by atoms with Gasteiger partial charge >= 0.3 is 0 Å². The maximum Gasteiger partial charge on any atom is 0.0308 e. The molecule has 1 rings (SSSR count). The van der Waals surface area contributed by atoms with E-state index in [0.29, 0.717) is 0 Å². The van der Waals surface area contributed by atoms with E-state index in [9.17, 15) is 0 Å². The molecule has 88 valence electrons. The average molecular weight is 340 g/mol. The largest absolute Gasteiger partial charge is 0.305 e. The minimum Gasteiger partial charge on any atom is -0.305 e. The molecule has 0 amide bonds. The summed E-state index contributed by atoms with van der Waals surface area (Å²) in [5.74, 6) is 0. The van der Waals surface area contributed by atoms with E-state index in [1.165, 1.54) is 41.3 Å². The number of likely N-dealkylation sites (N-methyl/N-ethyl adjacent to an activating group) is 1. The second-order valence-corrected chi connectivity index (χ2v) is 6.30. The molecule has 0 aromatic carbocycles. The molecule has 0 aromatic rings. The first-order valence-electron chi connectivity index (χ1n) is 5.49. The first-order chi connectivity index (χ1) is 7.09. The molecule has 4 heteroatoms. The quantitative estimate of drug-likeness (QED) is 0.776. The van der Waals surface area contributed by atoms with Gasteiger partial charge in [-0.3, -0.25) is 4.90 Å². The van der Waals surface area contributed by atoms with Gasteiger partial charge in [0.05, 0.1) is 0 Å². The molecule has 0 aliphatic carbocycles. The van der Waals surface area contributed by atoms with Crippen LogP contribution in [0.5, 0.6) is 0 Å². The van der Waals surface area contributed by atoms with Gasteiger partial charge in [0.15, 0.2) is 0 Å². The molecule has 1 saturated heterocycles. The Labute approximate surface area is 110 Å². The lowest BCUT2D eigenvalue weighted by Gasteiger charge is -2.26. The molecule has 0 unspecified atom stereocenters. The second-order valence-electron chi connectivity index (χ2n) is 4.38. The fourth-order valence-corrected chi connectivity index (χ4v) is 2.87. The van der Waals surface area contributed by atoms with Gasteiger partial charge in [0, 0.05) is 22.1 Å². The predicted octanol–water partition coefficient (Wildman–Crippen LogP) is 3.04. The molecule has 0 radical (unpaired) electrons. The third-order valence-electron chi connectivity index (χ3n) is 2.56. The molecule has 0 atom stereocenters. The molecule has 0 N–H and O–H groups in total. The zero-order valence-electron chi connectivity index (χ0n) is 9.60. The molecule has 1 aliphatic heterocycles. The lowest BCUT2D eigenvalue weighted by molar-refractivity contribution is 0.250. The molecule has 2 nitrogen and oxygen atoms in total. The normalized spacial score (nSPS) is 20.6. The number of nitrogens with zero attached hydrogens (tertiary/aromatic N) is 2. The van der Waals surface area contributed by atoms with E-state index >= 15 is 0 Å². The van der Waals surface area contributed by atoms with E-state index in [-0.39, 0.29) is 0 Å². The molecule has 0 bridgehead atoms. The summed E-state index contributed by atoms with van der Waals surface area (Å²) in [6, 6.07) is 0. The van der Waals surface area contributed by atoms with E-state index in [0.717, 1.165) is 13.1 Å². The maximum atomic E-state index is 3.67. The molecule has 0 aromatic heterocycles. The van der Waals surface area contributed by atoms with Crippen LogP contribution in [0.15, 0.2) is 8.96 Å². The van der Waals surface area contributed by atoms with Gasteiger partial charge in [0.2, 0.25) is 0 Å². The number of piperidine rings is 1. The van der Waals surface area contributed by atoms with Crippen molar-refractivity contribution >= 4 is 31.9 Å². The van der Waals surface area contributed by atoms with Crippen LogP contribution >= 0.6 is 31.9 Å². The molecular weight excluding hydrogens is 320 g/mol. The Morgan fingerprint density at radius 2 is 1.67 bits per heavy atom. The van der Waals surface area contributed by atoms with Crippen LogP contribution in [0.3, 0.4) is 0 Å². The predicted molar refractivity (Wildman–Crippen MR) is 73.7 cm³/mol. The fraction of sp³-hybridized carbons (Fsp3) is 0.818. The molecule has 1 aliphatic rings. The van der Waals surface area contributed by atoms with Crippen molar-refractivity contribution in [3.8, 4) is 0 Å². The molecule has 15 heavy (non-hydrogen) atoms. The van der Waals surface area contributed by atoms with Crippen molar-refractivity contribution in [1.29, 1.82) is 0 Å². The Bertz CT molecular complexity index is 221. The van der Waals surface area contributed by atoms with Gasteiger partial charge < -0.3 is 4.90 Å². The first kappa shape index (κ1) is 13.7. The van der Waals surface area contributed by atoms with Crippen molar-refractivity contribution in [2.75, 3.05) is 40.3 Å². The van der Waals surface area contributed by atoms with Crippen LogP contribution in [0.1, 0.15) is 19.3 Å². The molecule has 1 fully saturated rings. The van der Waals surface area contributed by atoms with Gasteiger partial charge in [0.1, 0.15) is 0 Å². The Hall–Kier alpha value is 0.620. The second kappa shape index (κ2) is 7.05. The summed E-state index contributed by atoms with van der Waals surface area (Å²) >= 11 is 7.31. The van der Waals surface area contributed by atoms with Crippen molar-refractivity contribution in [3.63, 3.8) is 0 Å². The van der Waals surface area contributed by atoms with E-state index in [1.807, 2.05) is 0 Å². The minimum absolute atomic E-state index is 0.967. The summed E-state index contributed by atoms with van der Waals surface area (Å²) < 4.78 is 2.55. The Balaban J connectivity index is 2.41. The lowest BCUT2D eigenvalue weighted by atomic mass is 10.1. The number of likely N-dealkylation sites (tertiary alicyclic amines) is 1. The van der Waals surface area contributed by atoms with Crippen molar-refractivity contribution in [1.82, 2.24) is 9.80 Å². The van der Waals surface area contributed by atoms with E-state index in [1.54, 1.807) is 0 Å². The average Bonchev–Trinajstić information content (AvgIpc) is 2.18. The Morgan fingerprint density at radius 3 is 2.20 bits per heavy atom. The van der Waals surface area contributed by atoms with Crippen LogP contribution in [0.25, 0.3) is 0 Å². The zero-order valence-corrected chi connectivity index (χ0v) is 12.8. The number of hydrogen-bond acceptors (Lipinski definition) is 2. The van der Waals surface area contributed by atoms with Crippen molar-refractivity contribution < 1.29 is 0 Å². The molecule has 0 spiro atoms. The van der Waals surface area contributed by atoms with Crippen LogP contribution in [-0.4, -0.2) is 50.1 Å². The summed E-state index contributed by atoms with van der Waals surface area (Å²) in [6.07, 6.45) is 4.11. The van der Waals surface area contributed by atoms with Gasteiger partial charge in [-0.2, -0.15) is 0 Å². The highest BCUT2D eigenvalue weighted by Crippen LogP contribution is 2.21. The fourth-order valence-electron chi connectivity index (χ4n) is 1.76. The monoisotopic (exact) mass is 338 g/mol. The van der Waals surface area contributed by atoms with Gasteiger partial charge in [-0.25, -0.2) is 0 Å². The Morgan fingerprint density at radius 1 is 1.07 bits per heavy atom.